The van der Waals surface area contributed by atoms with E-state index in [4.69, 9.17) is 4.74 Å². The molecule has 0 aliphatic carbocycles. The van der Waals surface area contributed by atoms with Gasteiger partial charge in [-0.05, 0) is 54.8 Å². The average molecular weight is 391 g/mol. The highest BCUT2D eigenvalue weighted by molar-refractivity contribution is 5.75. The maximum absolute atomic E-state index is 5.98. The molecule has 3 aromatic heterocycles. The van der Waals surface area contributed by atoms with Crippen molar-refractivity contribution in [1.82, 2.24) is 24.9 Å². The van der Waals surface area contributed by atoms with Crippen molar-refractivity contribution in [1.29, 1.82) is 0 Å². The van der Waals surface area contributed by atoms with Crippen LogP contribution in [0.2, 0.25) is 0 Å². The predicted octanol–water partition coefficient (Wildman–Crippen LogP) is 4.19. The van der Waals surface area contributed by atoms with Gasteiger partial charge >= 0.3 is 0 Å². The molecule has 0 saturated carbocycles. The molecule has 5 rings (SSSR count). The van der Waals surface area contributed by atoms with Gasteiger partial charge in [-0.2, -0.15) is 0 Å². The predicted molar refractivity (Wildman–Crippen MR) is 115 cm³/mol. The first-order valence-corrected chi connectivity index (χ1v) is 9.52. The minimum atomic E-state index is 0.230. The second-order valence-electron chi connectivity index (χ2n) is 6.83. The smallest absolute Gasteiger partial charge is 0.250 e. The van der Waals surface area contributed by atoms with Gasteiger partial charge < -0.3 is 9.72 Å². The number of aromatic amines is 1. The zero-order valence-electron chi connectivity index (χ0n) is 16.3. The van der Waals surface area contributed by atoms with Gasteiger partial charge in [-0.25, -0.2) is 19.9 Å². The summed E-state index contributed by atoms with van der Waals surface area (Å²) in [4.78, 5) is 21.3. The molecular formula is C24H17N5O. The number of hydrogen-bond donors (Lipinski definition) is 1. The molecular weight excluding hydrogens is 374 g/mol. The van der Waals surface area contributed by atoms with E-state index in [2.05, 4.69) is 42.8 Å². The van der Waals surface area contributed by atoms with Gasteiger partial charge in [-0.1, -0.05) is 30.2 Å². The number of hydrogen-bond acceptors (Lipinski definition) is 5. The molecule has 0 atom stereocenters. The van der Waals surface area contributed by atoms with E-state index in [1.54, 1.807) is 6.20 Å². The summed E-state index contributed by atoms with van der Waals surface area (Å²) in [5.41, 5.74) is 5.56. The fourth-order valence-corrected chi connectivity index (χ4v) is 3.09. The second-order valence-corrected chi connectivity index (χ2v) is 6.83. The van der Waals surface area contributed by atoms with E-state index >= 15 is 0 Å². The summed E-state index contributed by atoms with van der Waals surface area (Å²) >= 11 is 0. The van der Waals surface area contributed by atoms with Crippen molar-refractivity contribution in [2.75, 3.05) is 0 Å². The van der Waals surface area contributed by atoms with Crippen LogP contribution in [0.25, 0.3) is 22.2 Å². The Kier molecular flexibility index (Phi) is 4.54. The number of fused-ring (bicyclic) bond motifs is 2. The Hall–Kier alpha value is -4.24. The Morgan fingerprint density at radius 1 is 0.900 bits per heavy atom. The van der Waals surface area contributed by atoms with Crippen molar-refractivity contribution in [2.24, 2.45) is 0 Å². The fourth-order valence-electron chi connectivity index (χ4n) is 3.09. The third kappa shape index (κ3) is 3.69. The molecule has 0 saturated heterocycles. The van der Waals surface area contributed by atoms with Gasteiger partial charge in [0.15, 0.2) is 11.3 Å². The van der Waals surface area contributed by atoms with Gasteiger partial charge in [0.2, 0.25) is 5.88 Å². The number of ether oxygens (including phenoxy) is 1. The molecule has 5 aromatic rings. The quantitative estimate of drug-likeness (QED) is 0.467. The van der Waals surface area contributed by atoms with E-state index in [1.165, 1.54) is 5.56 Å². The van der Waals surface area contributed by atoms with Gasteiger partial charge in [-0.3, -0.25) is 0 Å². The molecule has 0 amide bonds. The van der Waals surface area contributed by atoms with Crippen LogP contribution in [0.1, 0.15) is 22.6 Å². The fraction of sp³-hybridized carbons (Fsp3) is 0.0833. The molecule has 0 bridgehead atoms. The largest absolute Gasteiger partial charge is 0.467 e. The van der Waals surface area contributed by atoms with Gasteiger partial charge in [0.25, 0.3) is 0 Å². The van der Waals surface area contributed by atoms with Crippen molar-refractivity contribution in [3.63, 3.8) is 0 Å². The molecule has 2 aromatic carbocycles. The first-order valence-electron chi connectivity index (χ1n) is 9.52. The van der Waals surface area contributed by atoms with Crippen LogP contribution in [0, 0.1) is 18.8 Å². The first-order chi connectivity index (χ1) is 14.7. The number of pyridine rings is 1. The van der Waals surface area contributed by atoms with Crippen LogP contribution in [0.15, 0.2) is 66.9 Å². The SMILES string of the molecule is Cc1ccc2nc(COc3nc4cccnc4nc3C#Cc3ccccc3)[nH]c2c1. The molecule has 0 spiro atoms. The van der Waals surface area contributed by atoms with E-state index in [0.29, 0.717) is 28.6 Å². The Balaban J connectivity index is 1.49. The maximum Gasteiger partial charge on any atom is 0.250 e. The molecule has 0 aliphatic rings. The Bertz CT molecular complexity index is 1410. The van der Waals surface area contributed by atoms with E-state index in [1.807, 2.05) is 61.5 Å². The van der Waals surface area contributed by atoms with Gasteiger partial charge in [-0.15, -0.1) is 0 Å². The van der Waals surface area contributed by atoms with Crippen LogP contribution in [0.4, 0.5) is 0 Å². The zero-order valence-corrected chi connectivity index (χ0v) is 16.3. The molecule has 0 aliphatic heterocycles. The number of H-pyrrole nitrogens is 1. The van der Waals surface area contributed by atoms with E-state index in [-0.39, 0.29) is 6.61 Å². The summed E-state index contributed by atoms with van der Waals surface area (Å²) in [5.74, 6) is 7.25. The molecule has 144 valence electrons. The lowest BCUT2D eigenvalue weighted by Gasteiger charge is -2.06. The van der Waals surface area contributed by atoms with Crippen LogP contribution in [0.5, 0.6) is 5.88 Å². The average Bonchev–Trinajstić information content (AvgIpc) is 3.18. The number of imidazole rings is 1. The topological polar surface area (TPSA) is 76.6 Å². The minimum absolute atomic E-state index is 0.230. The Labute approximate surface area is 173 Å². The third-order valence-corrected chi connectivity index (χ3v) is 4.54. The van der Waals surface area contributed by atoms with Crippen molar-refractivity contribution >= 4 is 22.2 Å². The summed E-state index contributed by atoms with van der Waals surface area (Å²) in [7, 11) is 0. The number of nitrogens with one attached hydrogen (secondary N) is 1. The maximum atomic E-state index is 5.98. The number of aryl methyl sites for hydroxylation is 1. The second kappa shape index (κ2) is 7.64. The third-order valence-electron chi connectivity index (χ3n) is 4.54. The summed E-state index contributed by atoms with van der Waals surface area (Å²) in [6, 6.07) is 19.5. The summed E-state index contributed by atoms with van der Waals surface area (Å²) in [6.45, 7) is 2.28. The molecule has 1 N–H and O–H groups in total. The standard InChI is InChI=1S/C24H17N5O/c1-16-9-11-18-21(14-16)27-22(26-18)15-30-24-20(12-10-17-6-3-2-4-7-17)28-23-19(29-24)8-5-13-25-23/h2-9,11,13-14H,15H2,1H3,(H,26,27). The van der Waals surface area contributed by atoms with E-state index in [0.717, 1.165) is 16.6 Å². The first kappa shape index (κ1) is 17.8. The van der Waals surface area contributed by atoms with Crippen molar-refractivity contribution in [3.05, 3.63) is 89.5 Å². The summed E-state index contributed by atoms with van der Waals surface area (Å²) < 4.78 is 5.98. The number of rotatable bonds is 3. The lowest BCUT2D eigenvalue weighted by molar-refractivity contribution is 0.284. The molecule has 0 unspecified atom stereocenters. The van der Waals surface area contributed by atoms with Crippen LogP contribution in [0.3, 0.4) is 0 Å². The van der Waals surface area contributed by atoms with Crippen LogP contribution < -0.4 is 4.74 Å². The van der Waals surface area contributed by atoms with Crippen molar-refractivity contribution in [3.8, 4) is 17.7 Å². The Morgan fingerprint density at radius 3 is 2.70 bits per heavy atom. The lowest BCUT2D eigenvalue weighted by Crippen LogP contribution is -2.03. The normalized spacial score (nSPS) is 10.7. The highest BCUT2D eigenvalue weighted by Crippen LogP contribution is 2.19. The highest BCUT2D eigenvalue weighted by atomic mass is 16.5. The van der Waals surface area contributed by atoms with E-state index in [9.17, 15) is 0 Å². The number of benzene rings is 2. The van der Waals surface area contributed by atoms with Crippen LogP contribution in [-0.2, 0) is 6.61 Å². The molecule has 6 nitrogen and oxygen atoms in total. The van der Waals surface area contributed by atoms with Gasteiger partial charge in [0.05, 0.1) is 11.0 Å². The monoisotopic (exact) mass is 391 g/mol. The van der Waals surface area contributed by atoms with Crippen LogP contribution in [-0.4, -0.2) is 24.9 Å². The molecule has 6 heteroatoms. The highest BCUT2D eigenvalue weighted by Gasteiger charge is 2.11. The summed E-state index contributed by atoms with van der Waals surface area (Å²) in [6.07, 6.45) is 1.68. The van der Waals surface area contributed by atoms with Gasteiger partial charge in [0.1, 0.15) is 17.9 Å². The number of aromatic nitrogens is 5. The van der Waals surface area contributed by atoms with Crippen molar-refractivity contribution in [2.45, 2.75) is 13.5 Å². The molecule has 30 heavy (non-hydrogen) atoms. The minimum Gasteiger partial charge on any atom is -0.467 e. The van der Waals surface area contributed by atoms with Crippen LogP contribution >= 0.6 is 0 Å². The summed E-state index contributed by atoms with van der Waals surface area (Å²) in [5, 5.41) is 0. The molecule has 3 heterocycles. The van der Waals surface area contributed by atoms with Gasteiger partial charge in [0, 0.05) is 11.8 Å². The molecule has 0 radical (unpaired) electrons. The van der Waals surface area contributed by atoms with E-state index < -0.39 is 0 Å². The number of nitrogens with zero attached hydrogens (tertiary/aromatic N) is 4. The Morgan fingerprint density at radius 2 is 1.80 bits per heavy atom. The zero-order chi connectivity index (χ0) is 20.3. The molecule has 0 fully saturated rings. The van der Waals surface area contributed by atoms with Crippen molar-refractivity contribution < 1.29 is 4.74 Å². The lowest BCUT2D eigenvalue weighted by atomic mass is 10.2.